The fourth-order valence-corrected chi connectivity index (χ4v) is 1.91. The molecule has 2 rings (SSSR count). The Labute approximate surface area is 134 Å². The summed E-state index contributed by atoms with van der Waals surface area (Å²) in [5.74, 6) is 0.975. The van der Waals surface area contributed by atoms with Gasteiger partial charge in [0.05, 0.1) is 13.7 Å². The van der Waals surface area contributed by atoms with Gasteiger partial charge in [0.25, 0.3) is 0 Å². The van der Waals surface area contributed by atoms with Crippen LogP contribution in [0.15, 0.2) is 48.5 Å². The summed E-state index contributed by atoms with van der Waals surface area (Å²) in [6.45, 7) is 1.01. The summed E-state index contributed by atoms with van der Waals surface area (Å²) in [5, 5.41) is 5.37. The quantitative estimate of drug-likeness (QED) is 0.772. The van der Waals surface area contributed by atoms with Crippen molar-refractivity contribution in [1.29, 1.82) is 0 Å². The molecule has 0 bridgehead atoms. The van der Waals surface area contributed by atoms with Crippen LogP contribution in [0.3, 0.4) is 0 Å². The number of nitrogens with one attached hydrogen (secondary N) is 2. The molecule has 0 saturated carbocycles. The summed E-state index contributed by atoms with van der Waals surface area (Å²) in [6.07, 6.45) is 0. The van der Waals surface area contributed by atoms with Gasteiger partial charge < -0.3 is 20.1 Å². The third kappa shape index (κ3) is 5.50. The summed E-state index contributed by atoms with van der Waals surface area (Å²) < 4.78 is 23.5. The highest BCUT2D eigenvalue weighted by Crippen LogP contribution is 2.25. The van der Waals surface area contributed by atoms with Gasteiger partial charge in [0.1, 0.15) is 12.4 Å². The molecule has 0 unspecified atom stereocenters. The van der Waals surface area contributed by atoms with Crippen LogP contribution in [0.25, 0.3) is 0 Å². The number of para-hydroxylation sites is 2. The van der Waals surface area contributed by atoms with E-state index in [1.54, 1.807) is 31.4 Å². The number of ether oxygens (including phenoxy) is 2. The lowest BCUT2D eigenvalue weighted by molar-refractivity contribution is 0.235. The van der Waals surface area contributed by atoms with Crippen LogP contribution < -0.4 is 20.1 Å². The first-order chi connectivity index (χ1) is 11.2. The molecule has 6 heteroatoms. The predicted octanol–water partition coefficient (Wildman–Crippen LogP) is 2.71. The Kier molecular flexibility index (Phi) is 6.23. The van der Waals surface area contributed by atoms with Gasteiger partial charge in [-0.1, -0.05) is 24.3 Å². The molecule has 122 valence electrons. The van der Waals surface area contributed by atoms with Crippen molar-refractivity contribution in [2.75, 3.05) is 20.3 Å². The van der Waals surface area contributed by atoms with Gasteiger partial charge in [-0.2, -0.15) is 0 Å². The van der Waals surface area contributed by atoms with Crippen LogP contribution in [0.1, 0.15) is 5.56 Å². The number of halogens is 1. The second kappa shape index (κ2) is 8.63. The second-order valence-electron chi connectivity index (χ2n) is 4.74. The molecule has 2 N–H and O–H groups in total. The summed E-state index contributed by atoms with van der Waals surface area (Å²) >= 11 is 0. The lowest BCUT2D eigenvalue weighted by Crippen LogP contribution is -2.37. The number of rotatable bonds is 7. The molecular formula is C17H19FN2O3. The zero-order chi connectivity index (χ0) is 16.5. The van der Waals surface area contributed by atoms with E-state index in [4.69, 9.17) is 9.47 Å². The standard InChI is InChI=1S/C17H19FN2O3/c1-22-15-4-2-3-5-16(15)23-11-10-19-17(21)20-12-13-6-8-14(18)9-7-13/h2-9H,10-12H2,1H3,(H2,19,20,21). The first-order valence-electron chi connectivity index (χ1n) is 7.21. The Hall–Kier alpha value is -2.76. The Morgan fingerprint density at radius 2 is 1.74 bits per heavy atom. The molecule has 0 aliphatic carbocycles. The monoisotopic (exact) mass is 318 g/mol. The van der Waals surface area contributed by atoms with E-state index in [1.165, 1.54) is 12.1 Å². The highest BCUT2D eigenvalue weighted by Gasteiger charge is 2.03. The number of hydrogen-bond donors (Lipinski definition) is 2. The van der Waals surface area contributed by atoms with Gasteiger partial charge in [-0.3, -0.25) is 0 Å². The maximum Gasteiger partial charge on any atom is 0.315 e. The summed E-state index contributed by atoms with van der Waals surface area (Å²) in [4.78, 5) is 11.6. The van der Waals surface area contributed by atoms with Gasteiger partial charge in [0, 0.05) is 6.54 Å². The summed E-state index contributed by atoms with van der Waals surface area (Å²) in [6, 6.07) is 13.0. The topological polar surface area (TPSA) is 59.6 Å². The van der Waals surface area contributed by atoms with Gasteiger partial charge in [-0.25, -0.2) is 9.18 Å². The molecule has 0 heterocycles. The fraction of sp³-hybridized carbons (Fsp3) is 0.235. The lowest BCUT2D eigenvalue weighted by atomic mass is 10.2. The van der Waals surface area contributed by atoms with Gasteiger partial charge in [0.2, 0.25) is 0 Å². The Morgan fingerprint density at radius 3 is 2.43 bits per heavy atom. The van der Waals surface area contributed by atoms with Crippen LogP contribution in [-0.4, -0.2) is 26.3 Å². The summed E-state index contributed by atoms with van der Waals surface area (Å²) in [7, 11) is 1.57. The number of carbonyl (C=O) groups excluding carboxylic acids is 1. The number of hydrogen-bond acceptors (Lipinski definition) is 3. The molecule has 0 aromatic heterocycles. The van der Waals surface area contributed by atoms with E-state index >= 15 is 0 Å². The van der Waals surface area contributed by atoms with Gasteiger partial charge in [-0.15, -0.1) is 0 Å². The molecule has 23 heavy (non-hydrogen) atoms. The van der Waals surface area contributed by atoms with E-state index in [2.05, 4.69) is 10.6 Å². The van der Waals surface area contributed by atoms with E-state index in [0.717, 1.165) is 5.56 Å². The van der Waals surface area contributed by atoms with Crippen LogP contribution in [0.4, 0.5) is 9.18 Å². The minimum absolute atomic E-state index is 0.299. The maximum atomic E-state index is 12.8. The van der Waals surface area contributed by atoms with Crippen LogP contribution in [-0.2, 0) is 6.54 Å². The minimum atomic E-state index is -0.307. The molecule has 0 saturated heterocycles. The first-order valence-corrected chi connectivity index (χ1v) is 7.21. The molecule has 2 amide bonds. The highest BCUT2D eigenvalue weighted by molar-refractivity contribution is 5.73. The Bertz CT molecular complexity index is 632. The number of methoxy groups -OCH3 is 1. The van der Waals surface area contributed by atoms with E-state index in [1.807, 2.05) is 12.1 Å². The van der Waals surface area contributed by atoms with Crippen molar-refractivity contribution in [3.05, 3.63) is 59.9 Å². The molecular weight excluding hydrogens is 299 g/mol. The third-order valence-corrected chi connectivity index (χ3v) is 3.08. The normalized spacial score (nSPS) is 10.0. The molecule has 2 aromatic carbocycles. The molecule has 0 atom stereocenters. The zero-order valence-electron chi connectivity index (χ0n) is 12.8. The average Bonchev–Trinajstić information content (AvgIpc) is 2.58. The number of carbonyl (C=O) groups is 1. The Balaban J connectivity index is 1.66. The van der Waals surface area contributed by atoms with Crippen molar-refractivity contribution in [3.8, 4) is 11.5 Å². The fourth-order valence-electron chi connectivity index (χ4n) is 1.91. The third-order valence-electron chi connectivity index (χ3n) is 3.08. The smallest absolute Gasteiger partial charge is 0.315 e. The van der Waals surface area contributed by atoms with E-state index < -0.39 is 0 Å². The second-order valence-corrected chi connectivity index (χ2v) is 4.74. The maximum absolute atomic E-state index is 12.8. The van der Waals surface area contributed by atoms with Crippen LogP contribution in [0.5, 0.6) is 11.5 Å². The summed E-state index contributed by atoms with van der Waals surface area (Å²) in [5.41, 5.74) is 0.826. The van der Waals surface area contributed by atoms with E-state index in [9.17, 15) is 9.18 Å². The first kappa shape index (κ1) is 16.6. The minimum Gasteiger partial charge on any atom is -0.493 e. The molecule has 0 aliphatic heterocycles. The van der Waals surface area contributed by atoms with Gasteiger partial charge in [0.15, 0.2) is 11.5 Å². The van der Waals surface area contributed by atoms with Crippen LogP contribution >= 0.6 is 0 Å². The van der Waals surface area contributed by atoms with Crippen molar-refractivity contribution in [2.45, 2.75) is 6.54 Å². The predicted molar refractivity (Wildman–Crippen MR) is 85.1 cm³/mol. The molecule has 5 nitrogen and oxygen atoms in total. The SMILES string of the molecule is COc1ccccc1OCCNC(=O)NCc1ccc(F)cc1. The Morgan fingerprint density at radius 1 is 1.04 bits per heavy atom. The number of amides is 2. The number of benzene rings is 2. The van der Waals surface area contributed by atoms with Crippen molar-refractivity contribution in [3.63, 3.8) is 0 Å². The molecule has 2 aromatic rings. The van der Waals surface area contributed by atoms with Crippen LogP contribution in [0, 0.1) is 5.82 Å². The van der Waals surface area contributed by atoms with E-state index in [0.29, 0.717) is 31.2 Å². The lowest BCUT2D eigenvalue weighted by Gasteiger charge is -2.11. The molecule has 0 fully saturated rings. The van der Waals surface area contributed by atoms with Crippen molar-refractivity contribution < 1.29 is 18.7 Å². The average molecular weight is 318 g/mol. The van der Waals surface area contributed by atoms with E-state index in [-0.39, 0.29) is 11.8 Å². The van der Waals surface area contributed by atoms with Crippen molar-refractivity contribution in [1.82, 2.24) is 10.6 Å². The van der Waals surface area contributed by atoms with Crippen molar-refractivity contribution in [2.24, 2.45) is 0 Å². The van der Waals surface area contributed by atoms with Crippen LogP contribution in [0.2, 0.25) is 0 Å². The van der Waals surface area contributed by atoms with Crippen molar-refractivity contribution >= 4 is 6.03 Å². The number of urea groups is 1. The largest absolute Gasteiger partial charge is 0.493 e. The molecule has 0 spiro atoms. The molecule has 0 aliphatic rings. The zero-order valence-corrected chi connectivity index (χ0v) is 12.8. The van der Waals surface area contributed by atoms with Gasteiger partial charge >= 0.3 is 6.03 Å². The molecule has 0 radical (unpaired) electrons. The highest BCUT2D eigenvalue weighted by atomic mass is 19.1. The van der Waals surface area contributed by atoms with Gasteiger partial charge in [-0.05, 0) is 29.8 Å².